The first-order chi connectivity index (χ1) is 12.8. The number of ether oxygens (including phenoxy) is 1. The molecule has 0 radical (unpaired) electrons. The van der Waals surface area contributed by atoms with Gasteiger partial charge in [-0.25, -0.2) is 0 Å². The Kier molecular flexibility index (Phi) is 7.28. The van der Waals surface area contributed by atoms with Gasteiger partial charge in [0.2, 0.25) is 11.8 Å². The fraction of sp³-hybridized carbons (Fsp3) is 0.300. The lowest BCUT2D eigenvalue weighted by molar-refractivity contribution is -0.120. The molecule has 2 N–H and O–H groups in total. The van der Waals surface area contributed by atoms with Crippen molar-refractivity contribution in [1.29, 1.82) is 0 Å². The van der Waals surface area contributed by atoms with Crippen LogP contribution in [-0.4, -0.2) is 18.4 Å². The molecule has 2 amide bonds. The standard InChI is InChI=1S/C20H22F2N2O3/c1-13(2)19(26)24-16-7-3-15(4-8-16)12-23-18(25)11-14-5-9-17(10-6-14)27-20(21)22/h3-10,13,20H,11-12H2,1-2H3,(H,23,25)(H,24,26). The Bertz CT molecular complexity index is 760. The molecule has 0 saturated heterocycles. The highest BCUT2D eigenvalue weighted by Gasteiger charge is 2.08. The molecule has 0 aliphatic heterocycles. The van der Waals surface area contributed by atoms with Crippen molar-refractivity contribution < 1.29 is 23.1 Å². The second kappa shape index (κ2) is 9.66. The van der Waals surface area contributed by atoms with E-state index in [2.05, 4.69) is 15.4 Å². The van der Waals surface area contributed by atoms with E-state index < -0.39 is 6.61 Å². The topological polar surface area (TPSA) is 67.4 Å². The summed E-state index contributed by atoms with van der Waals surface area (Å²) in [6.07, 6.45) is 0.136. The number of amides is 2. The van der Waals surface area contributed by atoms with Gasteiger partial charge in [0.1, 0.15) is 5.75 Å². The summed E-state index contributed by atoms with van der Waals surface area (Å²) in [6.45, 7) is 1.12. The lowest BCUT2D eigenvalue weighted by atomic mass is 10.1. The molecule has 0 aliphatic rings. The molecule has 2 rings (SSSR count). The highest BCUT2D eigenvalue weighted by Crippen LogP contribution is 2.15. The minimum Gasteiger partial charge on any atom is -0.435 e. The first-order valence-corrected chi connectivity index (χ1v) is 8.53. The SMILES string of the molecule is CC(C)C(=O)Nc1ccc(CNC(=O)Cc2ccc(OC(F)F)cc2)cc1. The summed E-state index contributed by atoms with van der Waals surface area (Å²) < 4.78 is 28.5. The van der Waals surface area contributed by atoms with Gasteiger partial charge in [-0.3, -0.25) is 9.59 Å². The van der Waals surface area contributed by atoms with Gasteiger partial charge in [-0.1, -0.05) is 38.1 Å². The van der Waals surface area contributed by atoms with E-state index in [4.69, 9.17) is 0 Å². The number of hydrogen-bond acceptors (Lipinski definition) is 3. The molecule has 0 unspecified atom stereocenters. The average molecular weight is 376 g/mol. The Balaban J connectivity index is 1.80. The number of halogens is 2. The second-order valence-electron chi connectivity index (χ2n) is 6.32. The molecule has 0 spiro atoms. The monoisotopic (exact) mass is 376 g/mol. The molecule has 144 valence electrons. The molecular weight excluding hydrogens is 354 g/mol. The average Bonchev–Trinajstić information content (AvgIpc) is 2.62. The maximum Gasteiger partial charge on any atom is 0.387 e. The Morgan fingerprint density at radius 3 is 2.11 bits per heavy atom. The Labute approximate surface area is 156 Å². The van der Waals surface area contributed by atoms with E-state index in [0.29, 0.717) is 17.8 Å². The van der Waals surface area contributed by atoms with Crippen LogP contribution in [0.2, 0.25) is 0 Å². The summed E-state index contributed by atoms with van der Waals surface area (Å²) in [5.74, 6) is -0.283. The van der Waals surface area contributed by atoms with Gasteiger partial charge in [0.25, 0.3) is 0 Å². The molecule has 0 heterocycles. The van der Waals surface area contributed by atoms with Gasteiger partial charge in [-0.2, -0.15) is 8.78 Å². The molecule has 5 nitrogen and oxygen atoms in total. The second-order valence-corrected chi connectivity index (χ2v) is 6.32. The van der Waals surface area contributed by atoms with Crippen LogP contribution in [-0.2, 0) is 22.6 Å². The van der Waals surface area contributed by atoms with E-state index in [-0.39, 0.29) is 29.9 Å². The summed E-state index contributed by atoms with van der Waals surface area (Å²) in [5.41, 5.74) is 2.29. The number of benzene rings is 2. The van der Waals surface area contributed by atoms with Crippen LogP contribution in [0.3, 0.4) is 0 Å². The van der Waals surface area contributed by atoms with E-state index >= 15 is 0 Å². The van der Waals surface area contributed by atoms with Crippen LogP contribution in [0, 0.1) is 5.92 Å². The van der Waals surface area contributed by atoms with Gasteiger partial charge in [-0.15, -0.1) is 0 Å². The fourth-order valence-electron chi connectivity index (χ4n) is 2.23. The molecule has 0 aromatic heterocycles. The van der Waals surface area contributed by atoms with Crippen molar-refractivity contribution in [3.8, 4) is 5.75 Å². The molecule has 0 aliphatic carbocycles. The highest BCUT2D eigenvalue weighted by molar-refractivity contribution is 5.92. The van der Waals surface area contributed by atoms with Gasteiger partial charge >= 0.3 is 6.61 Å². The number of hydrogen-bond donors (Lipinski definition) is 2. The third-order valence-electron chi connectivity index (χ3n) is 3.75. The highest BCUT2D eigenvalue weighted by atomic mass is 19.3. The molecular formula is C20H22F2N2O3. The first-order valence-electron chi connectivity index (χ1n) is 8.53. The van der Waals surface area contributed by atoms with Crippen molar-refractivity contribution in [2.75, 3.05) is 5.32 Å². The van der Waals surface area contributed by atoms with E-state index in [1.807, 2.05) is 26.0 Å². The van der Waals surface area contributed by atoms with Crippen molar-refractivity contribution in [3.05, 3.63) is 59.7 Å². The zero-order valence-corrected chi connectivity index (χ0v) is 15.2. The smallest absolute Gasteiger partial charge is 0.387 e. The van der Waals surface area contributed by atoms with Crippen LogP contribution in [0.15, 0.2) is 48.5 Å². The maximum absolute atomic E-state index is 12.1. The molecule has 2 aromatic rings. The number of alkyl halides is 2. The predicted molar refractivity (Wildman–Crippen MR) is 98.5 cm³/mol. The van der Waals surface area contributed by atoms with Crippen molar-refractivity contribution >= 4 is 17.5 Å². The molecule has 0 bridgehead atoms. The number of rotatable bonds is 8. The zero-order valence-electron chi connectivity index (χ0n) is 15.2. The van der Waals surface area contributed by atoms with Gasteiger partial charge in [0, 0.05) is 18.2 Å². The fourth-order valence-corrected chi connectivity index (χ4v) is 2.23. The minimum atomic E-state index is -2.87. The van der Waals surface area contributed by atoms with Crippen LogP contribution >= 0.6 is 0 Å². The van der Waals surface area contributed by atoms with E-state index in [1.54, 1.807) is 24.3 Å². The molecule has 7 heteroatoms. The molecule has 0 fully saturated rings. The van der Waals surface area contributed by atoms with Gasteiger partial charge in [0.15, 0.2) is 0 Å². The Morgan fingerprint density at radius 2 is 1.56 bits per heavy atom. The van der Waals surface area contributed by atoms with Crippen LogP contribution in [0.5, 0.6) is 5.75 Å². The summed E-state index contributed by atoms with van der Waals surface area (Å²) in [7, 11) is 0. The van der Waals surface area contributed by atoms with Crippen molar-refractivity contribution in [2.45, 2.75) is 33.4 Å². The summed E-state index contributed by atoms with van der Waals surface area (Å²) >= 11 is 0. The van der Waals surface area contributed by atoms with Gasteiger partial charge < -0.3 is 15.4 Å². The predicted octanol–water partition coefficient (Wildman–Crippen LogP) is 3.74. The summed E-state index contributed by atoms with van der Waals surface area (Å²) in [6, 6.07) is 13.2. The number of carbonyl (C=O) groups is 2. The lowest BCUT2D eigenvalue weighted by Crippen LogP contribution is -2.24. The Morgan fingerprint density at radius 1 is 0.963 bits per heavy atom. The number of carbonyl (C=O) groups excluding carboxylic acids is 2. The van der Waals surface area contributed by atoms with Crippen LogP contribution in [0.4, 0.5) is 14.5 Å². The molecule has 2 aromatic carbocycles. The third kappa shape index (κ3) is 7.05. The van der Waals surface area contributed by atoms with E-state index in [1.165, 1.54) is 12.1 Å². The maximum atomic E-state index is 12.1. The van der Waals surface area contributed by atoms with Gasteiger partial charge in [0.05, 0.1) is 6.42 Å². The van der Waals surface area contributed by atoms with Crippen molar-refractivity contribution in [3.63, 3.8) is 0 Å². The quantitative estimate of drug-likeness (QED) is 0.738. The lowest BCUT2D eigenvalue weighted by Gasteiger charge is -2.09. The molecule has 27 heavy (non-hydrogen) atoms. The van der Waals surface area contributed by atoms with Crippen LogP contribution in [0.25, 0.3) is 0 Å². The Hall–Kier alpha value is -2.96. The number of anilines is 1. The normalized spacial score (nSPS) is 10.7. The first kappa shape index (κ1) is 20.4. The minimum absolute atomic E-state index is 0.0544. The zero-order chi connectivity index (χ0) is 19.8. The van der Waals surface area contributed by atoms with Crippen LogP contribution in [0.1, 0.15) is 25.0 Å². The summed E-state index contributed by atoms with van der Waals surface area (Å²) in [4.78, 5) is 23.7. The molecule has 0 atom stereocenters. The van der Waals surface area contributed by atoms with Gasteiger partial charge in [-0.05, 0) is 35.4 Å². The van der Waals surface area contributed by atoms with E-state index in [9.17, 15) is 18.4 Å². The molecule has 0 saturated carbocycles. The van der Waals surface area contributed by atoms with Crippen molar-refractivity contribution in [2.24, 2.45) is 5.92 Å². The largest absolute Gasteiger partial charge is 0.435 e. The third-order valence-corrected chi connectivity index (χ3v) is 3.75. The number of nitrogens with one attached hydrogen (secondary N) is 2. The van der Waals surface area contributed by atoms with Crippen LogP contribution < -0.4 is 15.4 Å². The summed E-state index contributed by atoms with van der Waals surface area (Å²) in [5, 5.41) is 5.59. The van der Waals surface area contributed by atoms with Crippen molar-refractivity contribution in [1.82, 2.24) is 5.32 Å². The van der Waals surface area contributed by atoms with E-state index in [0.717, 1.165) is 5.56 Å².